The lowest BCUT2D eigenvalue weighted by Gasteiger charge is -2.30. The van der Waals surface area contributed by atoms with E-state index in [4.69, 9.17) is 5.73 Å². The number of hydrogen-bond acceptors (Lipinski definition) is 4. The van der Waals surface area contributed by atoms with Crippen molar-refractivity contribution in [3.63, 3.8) is 0 Å². The maximum Gasteiger partial charge on any atom is 0.243 e. The summed E-state index contributed by atoms with van der Waals surface area (Å²) >= 11 is 0. The number of nitrogens with zero attached hydrogens (tertiary/aromatic N) is 1. The van der Waals surface area contributed by atoms with E-state index in [1.807, 2.05) is 6.92 Å². The van der Waals surface area contributed by atoms with E-state index in [-0.39, 0.29) is 16.3 Å². The number of rotatable bonds is 2. The van der Waals surface area contributed by atoms with Crippen LogP contribution < -0.4 is 5.73 Å². The zero-order chi connectivity index (χ0) is 13.3. The third-order valence-electron chi connectivity index (χ3n) is 3.26. The van der Waals surface area contributed by atoms with Gasteiger partial charge in [-0.2, -0.15) is 4.31 Å². The van der Waals surface area contributed by atoms with Crippen LogP contribution >= 0.6 is 0 Å². The van der Waals surface area contributed by atoms with E-state index in [2.05, 4.69) is 0 Å². The van der Waals surface area contributed by atoms with Gasteiger partial charge in [0.1, 0.15) is 5.75 Å². The minimum Gasteiger partial charge on any atom is -0.506 e. The van der Waals surface area contributed by atoms with Crippen LogP contribution in [0.3, 0.4) is 0 Å². The summed E-state index contributed by atoms with van der Waals surface area (Å²) in [5, 5.41) is 9.33. The molecule has 1 fully saturated rings. The van der Waals surface area contributed by atoms with Crippen LogP contribution in [-0.4, -0.2) is 30.9 Å². The quantitative estimate of drug-likeness (QED) is 0.628. The average molecular weight is 270 g/mol. The first kappa shape index (κ1) is 13.2. The van der Waals surface area contributed by atoms with Crippen molar-refractivity contribution in [3.8, 4) is 5.75 Å². The number of piperidine rings is 1. The molecule has 100 valence electrons. The van der Waals surface area contributed by atoms with E-state index in [1.165, 1.54) is 22.5 Å². The minimum atomic E-state index is -3.49. The number of sulfonamides is 1. The number of phenolic OH excluding ortho intramolecular Hbond substituents is 1. The van der Waals surface area contributed by atoms with Gasteiger partial charge in [-0.1, -0.05) is 6.92 Å². The molecule has 1 aliphatic rings. The van der Waals surface area contributed by atoms with Gasteiger partial charge < -0.3 is 10.8 Å². The van der Waals surface area contributed by atoms with Crippen LogP contribution in [0.2, 0.25) is 0 Å². The van der Waals surface area contributed by atoms with E-state index in [1.54, 1.807) is 0 Å². The summed E-state index contributed by atoms with van der Waals surface area (Å²) in [6.45, 7) is 3.14. The third-order valence-corrected chi connectivity index (χ3v) is 5.12. The van der Waals surface area contributed by atoms with E-state index < -0.39 is 10.0 Å². The van der Waals surface area contributed by atoms with Crippen LogP contribution in [0.4, 0.5) is 5.69 Å². The zero-order valence-corrected chi connectivity index (χ0v) is 11.2. The Bertz CT molecular complexity index is 542. The van der Waals surface area contributed by atoms with Crippen molar-refractivity contribution in [2.24, 2.45) is 5.92 Å². The summed E-state index contributed by atoms with van der Waals surface area (Å²) < 4.78 is 26.3. The van der Waals surface area contributed by atoms with Crippen molar-refractivity contribution in [1.82, 2.24) is 4.31 Å². The van der Waals surface area contributed by atoms with Crippen LogP contribution in [0, 0.1) is 5.92 Å². The van der Waals surface area contributed by atoms with Crippen molar-refractivity contribution in [2.45, 2.75) is 24.7 Å². The molecule has 1 aromatic carbocycles. The Morgan fingerprint density at radius 1 is 1.44 bits per heavy atom. The Labute approximate surface area is 107 Å². The monoisotopic (exact) mass is 270 g/mol. The molecule has 0 amide bonds. The summed E-state index contributed by atoms with van der Waals surface area (Å²) in [7, 11) is -3.49. The first-order chi connectivity index (χ1) is 8.41. The molecule has 0 aliphatic carbocycles. The van der Waals surface area contributed by atoms with Crippen LogP contribution in [0.15, 0.2) is 23.1 Å². The van der Waals surface area contributed by atoms with E-state index >= 15 is 0 Å². The first-order valence-electron chi connectivity index (χ1n) is 6.00. The topological polar surface area (TPSA) is 83.6 Å². The smallest absolute Gasteiger partial charge is 0.243 e. The van der Waals surface area contributed by atoms with Gasteiger partial charge in [0, 0.05) is 13.1 Å². The molecule has 5 nitrogen and oxygen atoms in total. The summed E-state index contributed by atoms with van der Waals surface area (Å²) in [6, 6.07) is 4.01. The highest BCUT2D eigenvalue weighted by atomic mass is 32.2. The highest BCUT2D eigenvalue weighted by Gasteiger charge is 2.28. The molecule has 0 aromatic heterocycles. The van der Waals surface area contributed by atoms with E-state index in [0.29, 0.717) is 19.0 Å². The van der Waals surface area contributed by atoms with Gasteiger partial charge >= 0.3 is 0 Å². The number of benzene rings is 1. The molecule has 3 N–H and O–H groups in total. The summed E-state index contributed by atoms with van der Waals surface area (Å²) in [5.41, 5.74) is 5.63. The summed E-state index contributed by atoms with van der Waals surface area (Å²) in [5.74, 6) is 0.281. The Hall–Kier alpha value is -1.27. The lowest BCUT2D eigenvalue weighted by Crippen LogP contribution is -2.39. The summed E-state index contributed by atoms with van der Waals surface area (Å²) in [4.78, 5) is 0.145. The molecule has 0 radical (unpaired) electrons. The number of nitrogen functional groups attached to an aromatic ring is 1. The van der Waals surface area contributed by atoms with Crippen molar-refractivity contribution in [2.75, 3.05) is 18.8 Å². The Morgan fingerprint density at radius 2 is 2.17 bits per heavy atom. The van der Waals surface area contributed by atoms with Crippen molar-refractivity contribution < 1.29 is 13.5 Å². The first-order valence-corrected chi connectivity index (χ1v) is 7.44. The number of aromatic hydroxyl groups is 1. The molecule has 18 heavy (non-hydrogen) atoms. The largest absolute Gasteiger partial charge is 0.506 e. The second kappa shape index (κ2) is 4.78. The van der Waals surface area contributed by atoms with E-state index in [0.717, 1.165) is 12.8 Å². The van der Waals surface area contributed by atoms with Gasteiger partial charge in [-0.3, -0.25) is 0 Å². The summed E-state index contributed by atoms with van der Waals surface area (Å²) in [6.07, 6.45) is 1.94. The number of anilines is 1. The van der Waals surface area contributed by atoms with Gasteiger partial charge in [0.15, 0.2) is 0 Å². The SMILES string of the molecule is CC1CCCN(S(=O)(=O)c2ccc(O)c(N)c2)C1. The standard InChI is InChI=1S/C12H18N2O3S/c1-9-3-2-6-14(8-9)18(16,17)10-4-5-12(15)11(13)7-10/h4-5,7,9,15H,2-3,6,8,13H2,1H3. The molecule has 1 unspecified atom stereocenters. The molecular weight excluding hydrogens is 252 g/mol. The number of hydrogen-bond donors (Lipinski definition) is 2. The second-order valence-electron chi connectivity index (χ2n) is 4.83. The predicted octanol–water partition coefficient (Wildman–Crippen LogP) is 1.40. The van der Waals surface area contributed by atoms with Crippen LogP contribution in [0.5, 0.6) is 5.75 Å². The maximum atomic E-state index is 12.4. The molecule has 1 heterocycles. The molecule has 1 aliphatic heterocycles. The van der Waals surface area contributed by atoms with Crippen LogP contribution in [0.25, 0.3) is 0 Å². The molecule has 0 saturated carbocycles. The molecule has 0 spiro atoms. The van der Waals surface area contributed by atoms with Gasteiger partial charge in [-0.05, 0) is 37.0 Å². The fourth-order valence-corrected chi connectivity index (χ4v) is 3.84. The zero-order valence-electron chi connectivity index (χ0n) is 10.3. The molecule has 1 saturated heterocycles. The van der Waals surface area contributed by atoms with E-state index in [9.17, 15) is 13.5 Å². The normalized spacial score (nSPS) is 21.9. The molecule has 0 bridgehead atoms. The lowest BCUT2D eigenvalue weighted by molar-refractivity contribution is 0.281. The third kappa shape index (κ3) is 2.44. The molecule has 1 atom stereocenters. The maximum absolute atomic E-state index is 12.4. The highest BCUT2D eigenvalue weighted by molar-refractivity contribution is 7.89. The molecule has 6 heteroatoms. The van der Waals surface area contributed by atoms with Gasteiger partial charge in [0.25, 0.3) is 0 Å². The van der Waals surface area contributed by atoms with Crippen molar-refractivity contribution in [3.05, 3.63) is 18.2 Å². The van der Waals surface area contributed by atoms with Crippen LogP contribution in [-0.2, 0) is 10.0 Å². The Morgan fingerprint density at radius 3 is 2.78 bits per heavy atom. The van der Waals surface area contributed by atoms with Gasteiger partial charge in [0.05, 0.1) is 10.6 Å². The fourth-order valence-electron chi connectivity index (χ4n) is 2.21. The molecule has 1 aromatic rings. The average Bonchev–Trinajstić information content (AvgIpc) is 2.32. The Kier molecular flexibility index (Phi) is 3.49. The van der Waals surface area contributed by atoms with Crippen molar-refractivity contribution >= 4 is 15.7 Å². The van der Waals surface area contributed by atoms with Gasteiger partial charge in [-0.25, -0.2) is 8.42 Å². The molecule has 2 rings (SSSR count). The second-order valence-corrected chi connectivity index (χ2v) is 6.77. The fraction of sp³-hybridized carbons (Fsp3) is 0.500. The number of nitrogens with two attached hydrogens (primary N) is 1. The minimum absolute atomic E-state index is 0.0844. The predicted molar refractivity (Wildman–Crippen MR) is 69.7 cm³/mol. The van der Waals surface area contributed by atoms with Crippen molar-refractivity contribution in [1.29, 1.82) is 0 Å². The van der Waals surface area contributed by atoms with Crippen LogP contribution in [0.1, 0.15) is 19.8 Å². The number of phenols is 1. The molecular formula is C12H18N2O3S. The highest BCUT2D eigenvalue weighted by Crippen LogP contribution is 2.27. The van der Waals surface area contributed by atoms with Gasteiger partial charge in [-0.15, -0.1) is 0 Å². The lowest BCUT2D eigenvalue weighted by atomic mass is 10.0. The Balaban J connectivity index is 2.32. The van der Waals surface area contributed by atoms with Gasteiger partial charge in [0.2, 0.25) is 10.0 Å².